The molecule has 0 aromatic heterocycles. The number of nitrogens with zero attached hydrogens (tertiary/aromatic N) is 1. The molecule has 1 aliphatic rings. The van der Waals surface area contributed by atoms with Crippen LogP contribution in [0.25, 0.3) is 11.1 Å². The summed E-state index contributed by atoms with van der Waals surface area (Å²) in [6, 6.07) is 14.1. The van der Waals surface area contributed by atoms with Gasteiger partial charge in [0, 0.05) is 12.6 Å². The van der Waals surface area contributed by atoms with Crippen LogP contribution in [0.4, 0.5) is 20.6 Å². The molecule has 3 aromatic carbocycles. The zero-order chi connectivity index (χ0) is 28.1. The molecule has 1 fully saturated rings. The molecule has 7 nitrogen and oxygen atoms in total. The largest absolute Gasteiger partial charge is 0.338 e. The third kappa shape index (κ3) is 6.82. The number of urea groups is 1. The van der Waals surface area contributed by atoms with Gasteiger partial charge in [-0.1, -0.05) is 55.2 Å². The van der Waals surface area contributed by atoms with Crippen molar-refractivity contribution in [1.29, 1.82) is 0 Å². The second-order valence-corrected chi connectivity index (χ2v) is 10.1. The monoisotopic (exact) mass is 531 g/mol. The summed E-state index contributed by atoms with van der Waals surface area (Å²) in [5.41, 5.74) is 5.16. The molecule has 0 spiro atoms. The summed E-state index contributed by atoms with van der Waals surface area (Å²) in [6.45, 7) is 7.07. The van der Waals surface area contributed by atoms with Crippen molar-refractivity contribution in [2.24, 2.45) is 0 Å². The Bertz CT molecular complexity index is 1380. The molecular weight excluding hydrogens is 497 g/mol. The van der Waals surface area contributed by atoms with Gasteiger partial charge in [-0.3, -0.25) is 9.59 Å². The first-order chi connectivity index (χ1) is 18.6. The SMILES string of the molecule is CC(=O)ON(C(=O)c1ccc(-c2cccc(F)c2)cc1NC(=O)Nc1c(C)cc(C)cc1C)C1CCCCC1. The van der Waals surface area contributed by atoms with E-state index >= 15 is 0 Å². The van der Waals surface area contributed by atoms with Crippen LogP contribution in [0, 0.1) is 26.6 Å². The molecular formula is C31H34FN3O4. The molecule has 0 unspecified atom stereocenters. The maximum absolute atomic E-state index is 14.0. The van der Waals surface area contributed by atoms with Gasteiger partial charge in [-0.25, -0.2) is 9.18 Å². The van der Waals surface area contributed by atoms with Crippen LogP contribution in [0.15, 0.2) is 54.6 Å². The number of anilines is 2. The predicted molar refractivity (Wildman–Crippen MR) is 150 cm³/mol. The van der Waals surface area contributed by atoms with Crippen molar-refractivity contribution in [3.63, 3.8) is 0 Å². The number of carbonyl (C=O) groups is 3. The highest BCUT2D eigenvalue weighted by molar-refractivity contribution is 6.07. The fourth-order valence-corrected chi connectivity index (χ4v) is 5.18. The van der Waals surface area contributed by atoms with Gasteiger partial charge in [0.05, 0.1) is 17.3 Å². The van der Waals surface area contributed by atoms with Crippen molar-refractivity contribution in [3.05, 3.63) is 82.7 Å². The number of benzene rings is 3. The van der Waals surface area contributed by atoms with Gasteiger partial charge in [0.25, 0.3) is 5.91 Å². The second kappa shape index (κ2) is 12.1. The minimum Gasteiger partial charge on any atom is -0.338 e. The normalized spacial score (nSPS) is 13.5. The van der Waals surface area contributed by atoms with Crippen LogP contribution in [0.5, 0.6) is 0 Å². The molecule has 0 atom stereocenters. The molecule has 0 heterocycles. The van der Waals surface area contributed by atoms with Crippen molar-refractivity contribution in [1.82, 2.24) is 5.06 Å². The van der Waals surface area contributed by atoms with Crippen LogP contribution in [-0.4, -0.2) is 29.0 Å². The highest BCUT2D eigenvalue weighted by Gasteiger charge is 2.31. The Morgan fingerprint density at radius 3 is 2.18 bits per heavy atom. The van der Waals surface area contributed by atoms with Crippen molar-refractivity contribution in [3.8, 4) is 11.1 Å². The number of carbonyl (C=O) groups excluding carboxylic acids is 3. The van der Waals surface area contributed by atoms with Crippen molar-refractivity contribution < 1.29 is 23.6 Å². The molecule has 8 heteroatoms. The molecule has 39 heavy (non-hydrogen) atoms. The number of rotatable bonds is 5. The van der Waals surface area contributed by atoms with E-state index in [1.807, 2.05) is 32.9 Å². The van der Waals surface area contributed by atoms with E-state index in [2.05, 4.69) is 10.6 Å². The quantitative estimate of drug-likeness (QED) is 0.338. The lowest BCUT2D eigenvalue weighted by molar-refractivity contribution is -0.185. The standard InChI is InChI=1S/C31H34FN3O4/c1-19-15-20(2)29(21(3)16-19)34-31(38)33-28-18-24(23-9-8-10-25(32)17-23)13-14-27(28)30(37)35(39-22(4)36)26-11-6-5-7-12-26/h8-10,13-18,26H,5-7,11-12H2,1-4H3,(H2,33,34,38). The lowest BCUT2D eigenvalue weighted by atomic mass is 9.94. The van der Waals surface area contributed by atoms with E-state index in [0.717, 1.165) is 53.9 Å². The van der Waals surface area contributed by atoms with Gasteiger partial charge in [0.15, 0.2) is 0 Å². The topological polar surface area (TPSA) is 87.7 Å². The van der Waals surface area contributed by atoms with Crippen LogP contribution in [0.2, 0.25) is 0 Å². The van der Waals surface area contributed by atoms with Gasteiger partial charge in [-0.2, -0.15) is 5.06 Å². The Labute approximate surface area is 228 Å². The number of nitrogens with one attached hydrogen (secondary N) is 2. The summed E-state index contributed by atoms with van der Waals surface area (Å²) in [6.07, 6.45) is 4.35. The third-order valence-corrected chi connectivity index (χ3v) is 6.91. The fourth-order valence-electron chi connectivity index (χ4n) is 5.18. The average Bonchev–Trinajstić information content (AvgIpc) is 2.89. The van der Waals surface area contributed by atoms with Gasteiger partial charge in [-0.05, 0) is 80.1 Å². The molecule has 2 N–H and O–H groups in total. The van der Waals surface area contributed by atoms with Crippen LogP contribution in [0.3, 0.4) is 0 Å². The number of amides is 3. The zero-order valence-corrected chi connectivity index (χ0v) is 22.8. The third-order valence-electron chi connectivity index (χ3n) is 6.91. The van der Waals surface area contributed by atoms with Crippen molar-refractivity contribution >= 4 is 29.3 Å². The summed E-state index contributed by atoms with van der Waals surface area (Å²) in [5, 5.41) is 6.86. The molecule has 0 saturated heterocycles. The molecule has 1 aliphatic carbocycles. The predicted octanol–water partition coefficient (Wildman–Crippen LogP) is 7.31. The summed E-state index contributed by atoms with van der Waals surface area (Å²) in [7, 11) is 0. The Morgan fingerprint density at radius 2 is 1.54 bits per heavy atom. The summed E-state index contributed by atoms with van der Waals surface area (Å²) < 4.78 is 14.0. The number of hydrogen-bond donors (Lipinski definition) is 2. The van der Waals surface area contributed by atoms with E-state index in [9.17, 15) is 18.8 Å². The molecule has 0 radical (unpaired) electrons. The molecule has 3 amide bonds. The van der Waals surface area contributed by atoms with E-state index in [0.29, 0.717) is 16.8 Å². The van der Waals surface area contributed by atoms with E-state index in [4.69, 9.17) is 4.84 Å². The van der Waals surface area contributed by atoms with Crippen LogP contribution < -0.4 is 10.6 Å². The Kier molecular flexibility index (Phi) is 8.64. The molecule has 0 aliphatic heterocycles. The van der Waals surface area contributed by atoms with Crippen molar-refractivity contribution in [2.45, 2.75) is 65.8 Å². The molecule has 3 aromatic rings. The fraction of sp³-hybridized carbons (Fsp3) is 0.323. The minimum atomic E-state index is -0.595. The van der Waals surface area contributed by atoms with E-state index in [1.54, 1.807) is 30.3 Å². The van der Waals surface area contributed by atoms with Crippen LogP contribution in [0.1, 0.15) is 66.1 Å². The smallest absolute Gasteiger partial charge is 0.329 e. The minimum absolute atomic E-state index is 0.162. The van der Waals surface area contributed by atoms with E-state index < -0.39 is 23.7 Å². The molecule has 204 valence electrons. The van der Waals surface area contributed by atoms with Crippen molar-refractivity contribution in [2.75, 3.05) is 10.6 Å². The maximum atomic E-state index is 14.0. The number of hydrogen-bond acceptors (Lipinski definition) is 4. The highest BCUT2D eigenvalue weighted by Crippen LogP contribution is 2.31. The van der Waals surface area contributed by atoms with Gasteiger partial charge in [0.2, 0.25) is 0 Å². The van der Waals surface area contributed by atoms with E-state index in [1.165, 1.54) is 19.1 Å². The number of halogens is 1. The van der Waals surface area contributed by atoms with E-state index in [-0.39, 0.29) is 17.3 Å². The first kappa shape index (κ1) is 27.8. The second-order valence-electron chi connectivity index (χ2n) is 10.1. The number of aryl methyl sites for hydroxylation is 3. The Morgan fingerprint density at radius 1 is 0.872 bits per heavy atom. The average molecular weight is 532 g/mol. The number of hydroxylamine groups is 2. The van der Waals surface area contributed by atoms with Crippen LogP contribution in [-0.2, 0) is 9.63 Å². The van der Waals surface area contributed by atoms with Crippen LogP contribution >= 0.6 is 0 Å². The van der Waals surface area contributed by atoms with Gasteiger partial charge in [-0.15, -0.1) is 0 Å². The highest BCUT2D eigenvalue weighted by atomic mass is 19.1. The summed E-state index contributed by atoms with van der Waals surface area (Å²) in [4.78, 5) is 44.3. The lowest BCUT2D eigenvalue weighted by Gasteiger charge is -2.32. The molecule has 1 saturated carbocycles. The molecule has 0 bridgehead atoms. The first-order valence-electron chi connectivity index (χ1n) is 13.2. The Balaban J connectivity index is 1.71. The Hall–Kier alpha value is -4.20. The molecule has 4 rings (SSSR count). The summed E-state index contributed by atoms with van der Waals surface area (Å²) in [5.74, 6) is -1.52. The maximum Gasteiger partial charge on any atom is 0.329 e. The van der Waals surface area contributed by atoms with Gasteiger partial charge in [0.1, 0.15) is 5.82 Å². The first-order valence-corrected chi connectivity index (χ1v) is 13.2. The van der Waals surface area contributed by atoms with Gasteiger partial charge >= 0.3 is 12.0 Å². The summed E-state index contributed by atoms with van der Waals surface area (Å²) >= 11 is 0. The lowest BCUT2D eigenvalue weighted by Crippen LogP contribution is -2.42. The van der Waals surface area contributed by atoms with Gasteiger partial charge < -0.3 is 15.5 Å². The zero-order valence-electron chi connectivity index (χ0n) is 22.8.